The maximum Gasteiger partial charge on any atom is -0.00489 e. The molecule has 1 aliphatic carbocycles. The highest BCUT2D eigenvalue weighted by Gasteiger charge is 2.19. The molecule has 0 bridgehead atoms. The first-order chi connectivity index (χ1) is 5.74. The molecule has 0 amide bonds. The van der Waals surface area contributed by atoms with Gasteiger partial charge in [0.2, 0.25) is 0 Å². The molecule has 1 heteroatoms. The Bertz CT molecular complexity index is 120. The highest BCUT2D eigenvalue weighted by atomic mass is 14.5. The van der Waals surface area contributed by atoms with Crippen LogP contribution in [0.5, 0.6) is 0 Å². The molecule has 0 radical (unpaired) electrons. The third-order valence-electron chi connectivity index (χ3n) is 3.41. The average Bonchev–Trinajstić information content (AvgIpc) is 2.28. The van der Waals surface area contributed by atoms with Crippen LogP contribution in [0.2, 0.25) is 0 Å². The topological polar surface area (TPSA) is 26.0 Å². The van der Waals surface area contributed by atoms with Crippen molar-refractivity contribution in [1.29, 1.82) is 0 Å². The van der Waals surface area contributed by atoms with Crippen molar-refractivity contribution in [2.45, 2.75) is 46.0 Å². The molecular weight excluding hydrogens is 146 g/mol. The van der Waals surface area contributed by atoms with Gasteiger partial charge < -0.3 is 5.73 Å². The van der Waals surface area contributed by atoms with Gasteiger partial charge in [0.15, 0.2) is 0 Å². The van der Waals surface area contributed by atoms with Crippen molar-refractivity contribution >= 4 is 0 Å². The lowest BCUT2D eigenvalue weighted by Crippen LogP contribution is -2.13. The minimum Gasteiger partial charge on any atom is -0.330 e. The van der Waals surface area contributed by atoms with Crippen molar-refractivity contribution in [2.24, 2.45) is 23.5 Å². The Morgan fingerprint density at radius 3 is 2.50 bits per heavy atom. The second kappa shape index (κ2) is 4.86. The van der Waals surface area contributed by atoms with Gasteiger partial charge in [0, 0.05) is 0 Å². The Balaban J connectivity index is 2.34. The molecule has 0 aromatic carbocycles. The number of hydrogen-bond donors (Lipinski definition) is 1. The molecule has 0 spiro atoms. The van der Waals surface area contributed by atoms with Gasteiger partial charge >= 0.3 is 0 Å². The summed E-state index contributed by atoms with van der Waals surface area (Å²) in [5.74, 6) is 2.68. The highest BCUT2D eigenvalue weighted by molar-refractivity contribution is 4.72. The monoisotopic (exact) mass is 169 g/mol. The highest BCUT2D eigenvalue weighted by Crippen LogP contribution is 2.30. The molecule has 2 atom stereocenters. The molecule has 1 fully saturated rings. The third-order valence-corrected chi connectivity index (χ3v) is 3.41. The Labute approximate surface area is 76.7 Å². The van der Waals surface area contributed by atoms with Crippen LogP contribution < -0.4 is 5.73 Å². The van der Waals surface area contributed by atoms with Crippen LogP contribution >= 0.6 is 0 Å². The Kier molecular flexibility index (Phi) is 4.07. The second-order valence-electron chi connectivity index (χ2n) is 4.61. The van der Waals surface area contributed by atoms with Crippen molar-refractivity contribution < 1.29 is 0 Å². The lowest BCUT2D eigenvalue weighted by atomic mass is 9.88. The van der Waals surface area contributed by atoms with E-state index < -0.39 is 0 Å². The van der Waals surface area contributed by atoms with E-state index in [0.29, 0.717) is 0 Å². The third kappa shape index (κ3) is 2.78. The van der Waals surface area contributed by atoms with Gasteiger partial charge in [-0.05, 0) is 43.6 Å². The summed E-state index contributed by atoms with van der Waals surface area (Å²) < 4.78 is 0. The first-order valence-corrected chi connectivity index (χ1v) is 5.44. The van der Waals surface area contributed by atoms with Crippen LogP contribution in [0.1, 0.15) is 46.0 Å². The summed E-state index contributed by atoms with van der Waals surface area (Å²) in [6.45, 7) is 5.62. The minimum atomic E-state index is 0.828. The largest absolute Gasteiger partial charge is 0.330 e. The minimum absolute atomic E-state index is 0.828. The predicted molar refractivity (Wildman–Crippen MR) is 54.0 cm³/mol. The molecule has 0 heterocycles. The van der Waals surface area contributed by atoms with E-state index in [1.807, 2.05) is 0 Å². The summed E-state index contributed by atoms with van der Waals surface area (Å²) >= 11 is 0. The SMILES string of the molecule is CC(C)C1CCCC(CN)CC1. The Hall–Kier alpha value is -0.0400. The lowest BCUT2D eigenvalue weighted by molar-refractivity contribution is 0.337. The predicted octanol–water partition coefficient (Wildman–Crippen LogP) is 2.80. The molecule has 0 aliphatic heterocycles. The number of hydrogen-bond acceptors (Lipinski definition) is 1. The van der Waals surface area contributed by atoms with E-state index >= 15 is 0 Å². The molecule has 1 nitrogen and oxygen atoms in total. The van der Waals surface area contributed by atoms with Gasteiger partial charge in [0.25, 0.3) is 0 Å². The molecule has 1 aliphatic rings. The first kappa shape index (κ1) is 10.0. The fourth-order valence-corrected chi connectivity index (χ4v) is 2.31. The van der Waals surface area contributed by atoms with Gasteiger partial charge in [-0.2, -0.15) is 0 Å². The van der Waals surface area contributed by atoms with E-state index in [-0.39, 0.29) is 0 Å². The zero-order valence-electron chi connectivity index (χ0n) is 8.55. The zero-order chi connectivity index (χ0) is 8.97. The molecular formula is C11H23N. The van der Waals surface area contributed by atoms with E-state index in [4.69, 9.17) is 5.73 Å². The first-order valence-electron chi connectivity index (χ1n) is 5.44. The molecule has 12 heavy (non-hydrogen) atoms. The number of rotatable bonds is 2. The average molecular weight is 169 g/mol. The fraction of sp³-hybridized carbons (Fsp3) is 1.00. The van der Waals surface area contributed by atoms with Crippen molar-refractivity contribution in [1.82, 2.24) is 0 Å². The van der Waals surface area contributed by atoms with E-state index in [0.717, 1.165) is 24.3 Å². The number of nitrogens with two attached hydrogens (primary N) is 1. The molecule has 1 saturated carbocycles. The summed E-state index contributed by atoms with van der Waals surface area (Å²) in [7, 11) is 0. The molecule has 1 rings (SSSR count). The fourth-order valence-electron chi connectivity index (χ4n) is 2.31. The van der Waals surface area contributed by atoms with Crippen molar-refractivity contribution in [3.63, 3.8) is 0 Å². The van der Waals surface area contributed by atoms with Crippen molar-refractivity contribution in [3.8, 4) is 0 Å². The van der Waals surface area contributed by atoms with E-state index in [1.165, 1.54) is 32.1 Å². The zero-order valence-corrected chi connectivity index (χ0v) is 8.55. The summed E-state index contributed by atoms with van der Waals surface area (Å²) in [6, 6.07) is 0. The summed E-state index contributed by atoms with van der Waals surface area (Å²) in [6.07, 6.45) is 7.01. The molecule has 2 N–H and O–H groups in total. The molecule has 2 unspecified atom stereocenters. The van der Waals surface area contributed by atoms with Gasteiger partial charge in [-0.15, -0.1) is 0 Å². The van der Waals surface area contributed by atoms with Gasteiger partial charge in [-0.25, -0.2) is 0 Å². The molecule has 0 saturated heterocycles. The van der Waals surface area contributed by atoms with Crippen LogP contribution in [-0.4, -0.2) is 6.54 Å². The summed E-state index contributed by atoms with van der Waals surface area (Å²) in [5, 5.41) is 0. The molecule has 0 aromatic rings. The van der Waals surface area contributed by atoms with Crippen LogP contribution in [0.25, 0.3) is 0 Å². The van der Waals surface area contributed by atoms with Crippen LogP contribution in [-0.2, 0) is 0 Å². The summed E-state index contributed by atoms with van der Waals surface area (Å²) in [5.41, 5.74) is 5.69. The molecule has 0 aromatic heterocycles. The quantitative estimate of drug-likeness (QED) is 0.632. The maximum absolute atomic E-state index is 5.69. The van der Waals surface area contributed by atoms with Gasteiger partial charge in [-0.3, -0.25) is 0 Å². The van der Waals surface area contributed by atoms with Crippen LogP contribution in [0.4, 0.5) is 0 Å². The smallest absolute Gasteiger partial charge is 0.00489 e. The van der Waals surface area contributed by atoms with Gasteiger partial charge in [-0.1, -0.05) is 26.7 Å². The van der Waals surface area contributed by atoms with Crippen LogP contribution in [0.3, 0.4) is 0 Å². The Morgan fingerprint density at radius 1 is 1.17 bits per heavy atom. The van der Waals surface area contributed by atoms with Gasteiger partial charge in [0.1, 0.15) is 0 Å². The molecule has 72 valence electrons. The second-order valence-corrected chi connectivity index (χ2v) is 4.61. The van der Waals surface area contributed by atoms with E-state index in [2.05, 4.69) is 13.8 Å². The van der Waals surface area contributed by atoms with Crippen LogP contribution in [0.15, 0.2) is 0 Å². The normalized spacial score (nSPS) is 32.0. The lowest BCUT2D eigenvalue weighted by Gasteiger charge is -2.18. The summed E-state index contributed by atoms with van der Waals surface area (Å²) in [4.78, 5) is 0. The van der Waals surface area contributed by atoms with Crippen molar-refractivity contribution in [3.05, 3.63) is 0 Å². The van der Waals surface area contributed by atoms with E-state index in [9.17, 15) is 0 Å². The van der Waals surface area contributed by atoms with E-state index in [1.54, 1.807) is 0 Å². The van der Waals surface area contributed by atoms with Crippen molar-refractivity contribution in [2.75, 3.05) is 6.54 Å². The van der Waals surface area contributed by atoms with Gasteiger partial charge in [0.05, 0.1) is 0 Å². The Morgan fingerprint density at radius 2 is 1.92 bits per heavy atom. The van der Waals surface area contributed by atoms with Crippen LogP contribution in [0, 0.1) is 17.8 Å². The standard InChI is InChI=1S/C11H23N/c1-9(2)11-5-3-4-10(8-12)6-7-11/h9-11H,3-8,12H2,1-2H3. The maximum atomic E-state index is 5.69.